The number of carboxylic acids is 1. The third-order valence-electron chi connectivity index (χ3n) is 7.12. The number of amides is 2. The van der Waals surface area contributed by atoms with E-state index in [4.69, 9.17) is 9.47 Å². The molecule has 0 spiro atoms. The summed E-state index contributed by atoms with van der Waals surface area (Å²) in [6.45, 7) is 1.83. The van der Waals surface area contributed by atoms with Crippen molar-refractivity contribution in [2.75, 3.05) is 13.7 Å². The smallest absolute Gasteiger partial charge is 0.407 e. The van der Waals surface area contributed by atoms with Gasteiger partial charge in [0.2, 0.25) is 5.91 Å². The minimum absolute atomic E-state index is 0.0197. The standard InChI is InChI=1S/C27H32N2O6/c1-16(34-2)24(26(31)32)29-25(30)17-8-7-9-18(14-17)28-27(33)35-15-23-21-12-5-3-10-19(21)20-11-4-6-13-22(20)23/h3-6,10-13,16-18,23-24H,7-9,14-15H2,1-2H3,(H,28,33)(H,29,30)(H,31,32)/t16-,17?,18?,24+/m1/s1. The van der Waals surface area contributed by atoms with Gasteiger partial charge in [0, 0.05) is 25.0 Å². The van der Waals surface area contributed by atoms with Crippen molar-refractivity contribution in [3.8, 4) is 11.1 Å². The zero-order valence-electron chi connectivity index (χ0n) is 20.0. The topological polar surface area (TPSA) is 114 Å². The predicted octanol–water partition coefficient (Wildman–Crippen LogP) is 3.69. The third kappa shape index (κ3) is 5.48. The molecule has 0 saturated heterocycles. The monoisotopic (exact) mass is 480 g/mol. The first-order chi connectivity index (χ1) is 16.9. The number of benzene rings is 2. The fraction of sp³-hybridized carbons (Fsp3) is 0.444. The van der Waals surface area contributed by atoms with Gasteiger partial charge in [-0.1, -0.05) is 55.0 Å². The number of carboxylic acid groups (broad SMARTS) is 1. The number of hydrogen-bond donors (Lipinski definition) is 3. The Hall–Kier alpha value is -3.39. The van der Waals surface area contributed by atoms with Crippen LogP contribution in [0.1, 0.15) is 49.7 Å². The van der Waals surface area contributed by atoms with Gasteiger partial charge in [-0.25, -0.2) is 9.59 Å². The quantitative estimate of drug-likeness (QED) is 0.531. The lowest BCUT2D eigenvalue weighted by Crippen LogP contribution is -2.51. The van der Waals surface area contributed by atoms with Crippen LogP contribution in [-0.2, 0) is 19.1 Å². The number of aliphatic carboxylic acids is 1. The molecule has 0 aromatic heterocycles. The molecule has 2 amide bonds. The molecule has 3 N–H and O–H groups in total. The Morgan fingerprint density at radius 1 is 1.03 bits per heavy atom. The summed E-state index contributed by atoms with van der Waals surface area (Å²) in [7, 11) is 1.40. The van der Waals surface area contributed by atoms with Gasteiger partial charge < -0.3 is 25.2 Å². The van der Waals surface area contributed by atoms with Crippen LogP contribution in [0.3, 0.4) is 0 Å². The molecule has 4 atom stereocenters. The molecule has 2 aromatic rings. The van der Waals surface area contributed by atoms with Crippen LogP contribution in [-0.4, -0.2) is 55.0 Å². The summed E-state index contributed by atoms with van der Waals surface area (Å²) < 4.78 is 10.7. The summed E-state index contributed by atoms with van der Waals surface area (Å²) in [5.74, 6) is -1.88. The second-order valence-corrected chi connectivity index (χ2v) is 9.30. The number of carbonyl (C=O) groups is 3. The number of alkyl carbamates (subject to hydrolysis) is 1. The summed E-state index contributed by atoms with van der Waals surface area (Å²) >= 11 is 0. The fourth-order valence-electron chi connectivity index (χ4n) is 5.15. The van der Waals surface area contributed by atoms with Crippen LogP contribution < -0.4 is 10.6 Å². The van der Waals surface area contributed by atoms with E-state index in [1.807, 2.05) is 24.3 Å². The molecule has 2 aliphatic rings. The summed E-state index contributed by atoms with van der Waals surface area (Å²) in [5.41, 5.74) is 4.63. The lowest BCUT2D eigenvalue weighted by Gasteiger charge is -2.30. The second kappa shape index (κ2) is 10.9. The molecule has 2 aromatic carbocycles. The second-order valence-electron chi connectivity index (χ2n) is 9.30. The molecule has 2 unspecified atom stereocenters. The van der Waals surface area contributed by atoms with Gasteiger partial charge in [0.25, 0.3) is 0 Å². The van der Waals surface area contributed by atoms with Crippen molar-refractivity contribution in [3.63, 3.8) is 0 Å². The lowest BCUT2D eigenvalue weighted by atomic mass is 9.85. The van der Waals surface area contributed by atoms with Crippen molar-refractivity contribution >= 4 is 18.0 Å². The molecule has 2 aliphatic carbocycles. The van der Waals surface area contributed by atoms with Crippen LogP contribution in [0.2, 0.25) is 0 Å². The zero-order chi connectivity index (χ0) is 24.9. The molecular formula is C27H32N2O6. The van der Waals surface area contributed by atoms with E-state index in [0.29, 0.717) is 12.8 Å². The van der Waals surface area contributed by atoms with E-state index in [0.717, 1.165) is 24.0 Å². The Bertz CT molecular complexity index is 1040. The summed E-state index contributed by atoms with van der Waals surface area (Å²) in [6.07, 6.45) is 1.41. The van der Waals surface area contributed by atoms with Crippen molar-refractivity contribution in [2.45, 2.75) is 56.7 Å². The molecule has 1 fully saturated rings. The van der Waals surface area contributed by atoms with Gasteiger partial charge in [-0.05, 0) is 48.4 Å². The molecule has 0 aliphatic heterocycles. The molecule has 186 valence electrons. The van der Waals surface area contributed by atoms with Gasteiger partial charge in [-0.15, -0.1) is 0 Å². The zero-order valence-corrected chi connectivity index (χ0v) is 20.0. The maximum atomic E-state index is 12.7. The highest BCUT2D eigenvalue weighted by molar-refractivity contribution is 5.85. The van der Waals surface area contributed by atoms with E-state index in [9.17, 15) is 19.5 Å². The molecule has 0 bridgehead atoms. The van der Waals surface area contributed by atoms with Crippen LogP contribution >= 0.6 is 0 Å². The number of nitrogens with one attached hydrogen (secondary N) is 2. The van der Waals surface area contributed by atoms with Crippen molar-refractivity contribution in [1.82, 2.24) is 10.6 Å². The molecule has 8 heteroatoms. The normalized spacial score (nSPS) is 20.7. The van der Waals surface area contributed by atoms with Crippen LogP contribution in [0.25, 0.3) is 11.1 Å². The average Bonchev–Trinajstić information content (AvgIpc) is 3.19. The van der Waals surface area contributed by atoms with Gasteiger partial charge in [0.05, 0.1) is 6.10 Å². The Labute approximate surface area is 205 Å². The van der Waals surface area contributed by atoms with E-state index in [1.54, 1.807) is 6.92 Å². The van der Waals surface area contributed by atoms with Crippen LogP contribution in [0.5, 0.6) is 0 Å². The summed E-state index contributed by atoms with van der Waals surface area (Å²) in [5, 5.41) is 14.9. The molecule has 0 heterocycles. The SMILES string of the molecule is CO[C@H](C)[C@H](NC(=O)C1CCCC(NC(=O)OCC2c3ccccc3-c3ccccc32)C1)C(=O)O. The molecule has 4 rings (SSSR count). The molecule has 8 nitrogen and oxygen atoms in total. The van der Waals surface area contributed by atoms with Crippen LogP contribution in [0.15, 0.2) is 48.5 Å². The van der Waals surface area contributed by atoms with Crippen LogP contribution in [0.4, 0.5) is 4.79 Å². The van der Waals surface area contributed by atoms with Gasteiger partial charge >= 0.3 is 12.1 Å². The highest BCUT2D eigenvalue weighted by Gasteiger charge is 2.34. The highest BCUT2D eigenvalue weighted by Crippen LogP contribution is 2.44. The molecule has 0 radical (unpaired) electrons. The third-order valence-corrected chi connectivity index (χ3v) is 7.12. The van der Waals surface area contributed by atoms with E-state index in [1.165, 1.54) is 18.2 Å². The number of carbonyl (C=O) groups excluding carboxylic acids is 2. The van der Waals surface area contributed by atoms with Gasteiger partial charge in [0.1, 0.15) is 6.61 Å². The molecular weight excluding hydrogens is 448 g/mol. The van der Waals surface area contributed by atoms with Gasteiger partial charge in [0.15, 0.2) is 6.04 Å². The highest BCUT2D eigenvalue weighted by atomic mass is 16.5. The Balaban J connectivity index is 1.32. The fourth-order valence-corrected chi connectivity index (χ4v) is 5.15. The van der Waals surface area contributed by atoms with Gasteiger partial charge in [-0.2, -0.15) is 0 Å². The lowest BCUT2D eigenvalue weighted by molar-refractivity contribution is -0.146. The maximum Gasteiger partial charge on any atom is 0.407 e. The summed E-state index contributed by atoms with van der Waals surface area (Å²) in [4.78, 5) is 36.9. The number of hydrogen-bond acceptors (Lipinski definition) is 5. The first-order valence-electron chi connectivity index (χ1n) is 12.1. The first kappa shape index (κ1) is 24.7. The Morgan fingerprint density at radius 2 is 1.66 bits per heavy atom. The van der Waals surface area contributed by atoms with Crippen molar-refractivity contribution < 1.29 is 29.0 Å². The largest absolute Gasteiger partial charge is 0.480 e. The van der Waals surface area contributed by atoms with Crippen molar-refractivity contribution in [3.05, 3.63) is 59.7 Å². The van der Waals surface area contributed by atoms with Crippen LogP contribution in [0, 0.1) is 5.92 Å². The molecule has 35 heavy (non-hydrogen) atoms. The number of fused-ring (bicyclic) bond motifs is 3. The Morgan fingerprint density at radius 3 is 2.26 bits per heavy atom. The van der Waals surface area contributed by atoms with E-state index in [-0.39, 0.29) is 30.4 Å². The minimum atomic E-state index is -1.14. The minimum Gasteiger partial charge on any atom is -0.480 e. The van der Waals surface area contributed by atoms with E-state index >= 15 is 0 Å². The van der Waals surface area contributed by atoms with Gasteiger partial charge in [-0.3, -0.25) is 4.79 Å². The number of rotatable bonds is 8. The van der Waals surface area contributed by atoms with E-state index in [2.05, 4.69) is 34.9 Å². The maximum absolute atomic E-state index is 12.7. The average molecular weight is 481 g/mol. The van der Waals surface area contributed by atoms with Crippen molar-refractivity contribution in [1.29, 1.82) is 0 Å². The number of ether oxygens (including phenoxy) is 2. The van der Waals surface area contributed by atoms with Crippen molar-refractivity contribution in [2.24, 2.45) is 5.92 Å². The van der Waals surface area contributed by atoms with E-state index < -0.39 is 24.2 Å². The first-order valence-corrected chi connectivity index (χ1v) is 12.1. The molecule has 1 saturated carbocycles. The Kier molecular flexibility index (Phi) is 7.70. The summed E-state index contributed by atoms with van der Waals surface area (Å²) in [6, 6.07) is 15.0. The predicted molar refractivity (Wildman–Crippen MR) is 130 cm³/mol. The number of methoxy groups -OCH3 is 1.